The van der Waals surface area contributed by atoms with Crippen molar-refractivity contribution in [3.63, 3.8) is 0 Å². The van der Waals surface area contributed by atoms with E-state index in [-0.39, 0.29) is 11.4 Å². The second-order valence-electron chi connectivity index (χ2n) is 4.98. The van der Waals surface area contributed by atoms with Gasteiger partial charge < -0.3 is 10.6 Å². The van der Waals surface area contributed by atoms with Crippen LogP contribution in [-0.4, -0.2) is 45.6 Å². The maximum atomic E-state index is 11.1. The van der Waals surface area contributed by atoms with Gasteiger partial charge in [-0.2, -0.15) is 5.10 Å². The van der Waals surface area contributed by atoms with Crippen LogP contribution in [0, 0.1) is 16.0 Å². The van der Waals surface area contributed by atoms with Crippen LogP contribution < -0.4 is 5.73 Å². The standard InChI is InChI=1S/C11H17N5O3/c1-14-4-2-3-8(5-14)6-15-7-9(16(18)19)10(13-15)11(12)17/h7-8H,2-6H2,1H3,(H2,12,17). The van der Waals surface area contributed by atoms with Crippen molar-refractivity contribution in [3.8, 4) is 0 Å². The number of carbonyl (C=O) groups is 1. The smallest absolute Gasteiger partial charge is 0.320 e. The van der Waals surface area contributed by atoms with E-state index in [1.165, 1.54) is 10.9 Å². The van der Waals surface area contributed by atoms with Gasteiger partial charge in [0.25, 0.3) is 5.91 Å². The van der Waals surface area contributed by atoms with E-state index in [1.807, 2.05) is 7.05 Å². The molecular formula is C11H17N5O3. The third kappa shape index (κ3) is 3.08. The van der Waals surface area contributed by atoms with E-state index >= 15 is 0 Å². The summed E-state index contributed by atoms with van der Waals surface area (Å²) >= 11 is 0. The average Bonchev–Trinajstić information content (AvgIpc) is 2.73. The molecule has 1 fully saturated rings. The Hall–Kier alpha value is -1.96. The topological polar surface area (TPSA) is 107 Å². The van der Waals surface area contributed by atoms with Crippen molar-refractivity contribution in [1.82, 2.24) is 14.7 Å². The van der Waals surface area contributed by atoms with E-state index in [0.29, 0.717) is 12.5 Å². The highest BCUT2D eigenvalue weighted by molar-refractivity contribution is 5.94. The molecular weight excluding hydrogens is 250 g/mol. The summed E-state index contributed by atoms with van der Waals surface area (Å²) in [5.41, 5.74) is 4.50. The summed E-state index contributed by atoms with van der Waals surface area (Å²) in [6.45, 7) is 2.57. The number of carbonyl (C=O) groups excluding carboxylic acids is 1. The largest absolute Gasteiger partial charge is 0.364 e. The first-order valence-electron chi connectivity index (χ1n) is 6.17. The van der Waals surface area contributed by atoms with Gasteiger partial charge >= 0.3 is 5.69 Å². The maximum Gasteiger partial charge on any atom is 0.320 e. The summed E-state index contributed by atoms with van der Waals surface area (Å²) in [5.74, 6) is -0.481. The molecule has 0 saturated carbocycles. The number of nitrogens with two attached hydrogens (primary N) is 1. The van der Waals surface area contributed by atoms with Crippen LogP contribution in [0.5, 0.6) is 0 Å². The molecule has 1 aliphatic heterocycles. The number of aromatic nitrogens is 2. The average molecular weight is 267 g/mol. The third-order valence-electron chi connectivity index (χ3n) is 3.34. The molecule has 2 N–H and O–H groups in total. The Kier molecular flexibility index (Phi) is 3.79. The van der Waals surface area contributed by atoms with Gasteiger partial charge in [0.15, 0.2) is 0 Å². The van der Waals surface area contributed by atoms with Crippen LogP contribution in [0.4, 0.5) is 5.69 Å². The van der Waals surface area contributed by atoms with Gasteiger partial charge in [-0.05, 0) is 32.4 Å². The first-order valence-corrected chi connectivity index (χ1v) is 6.17. The molecule has 1 saturated heterocycles. The van der Waals surface area contributed by atoms with Crippen LogP contribution in [-0.2, 0) is 6.54 Å². The lowest BCUT2D eigenvalue weighted by Crippen LogP contribution is -2.34. The molecule has 19 heavy (non-hydrogen) atoms. The van der Waals surface area contributed by atoms with Gasteiger partial charge in [-0.3, -0.25) is 19.6 Å². The fraction of sp³-hybridized carbons (Fsp3) is 0.636. The van der Waals surface area contributed by atoms with Crippen LogP contribution in [0.25, 0.3) is 0 Å². The summed E-state index contributed by atoms with van der Waals surface area (Å²) in [6.07, 6.45) is 3.45. The SMILES string of the molecule is CN1CCCC(Cn2cc([N+](=O)[O-])c(C(N)=O)n2)C1. The van der Waals surface area contributed by atoms with Gasteiger partial charge in [0, 0.05) is 13.1 Å². The molecule has 2 rings (SSSR count). The highest BCUT2D eigenvalue weighted by Gasteiger charge is 2.25. The fourth-order valence-electron chi connectivity index (χ4n) is 2.50. The van der Waals surface area contributed by atoms with Crippen LogP contribution in [0.1, 0.15) is 23.3 Å². The first kappa shape index (κ1) is 13.5. The van der Waals surface area contributed by atoms with Crippen molar-refractivity contribution >= 4 is 11.6 Å². The number of hydrogen-bond acceptors (Lipinski definition) is 5. The first-order chi connectivity index (χ1) is 8.97. The zero-order valence-electron chi connectivity index (χ0n) is 10.8. The Labute approximate surface area is 110 Å². The minimum absolute atomic E-state index is 0.269. The molecule has 0 spiro atoms. The number of amides is 1. The number of piperidine rings is 1. The Balaban J connectivity index is 2.14. The molecule has 8 heteroatoms. The van der Waals surface area contributed by atoms with Gasteiger partial charge in [0.05, 0.1) is 4.92 Å². The predicted octanol–water partition coefficient (Wildman–Crippen LogP) is 0.232. The molecule has 104 valence electrons. The molecule has 1 atom stereocenters. The van der Waals surface area contributed by atoms with Crippen LogP contribution >= 0.6 is 0 Å². The lowest BCUT2D eigenvalue weighted by molar-refractivity contribution is -0.385. The Morgan fingerprint density at radius 3 is 2.95 bits per heavy atom. The van der Waals surface area contributed by atoms with E-state index in [0.717, 1.165) is 25.9 Å². The van der Waals surface area contributed by atoms with Gasteiger partial charge in [0.1, 0.15) is 6.20 Å². The van der Waals surface area contributed by atoms with Crippen molar-refractivity contribution in [2.24, 2.45) is 11.7 Å². The maximum absolute atomic E-state index is 11.1. The van der Waals surface area contributed by atoms with Crippen LogP contribution in [0.15, 0.2) is 6.20 Å². The quantitative estimate of drug-likeness (QED) is 0.620. The van der Waals surface area contributed by atoms with Crippen molar-refractivity contribution in [3.05, 3.63) is 22.0 Å². The third-order valence-corrected chi connectivity index (χ3v) is 3.34. The summed E-state index contributed by atoms with van der Waals surface area (Å²) in [5, 5.41) is 14.8. The number of primary amides is 1. The highest BCUT2D eigenvalue weighted by Crippen LogP contribution is 2.20. The molecule has 1 unspecified atom stereocenters. The zero-order chi connectivity index (χ0) is 14.0. The second-order valence-corrected chi connectivity index (χ2v) is 4.98. The Morgan fingerprint density at radius 2 is 2.42 bits per heavy atom. The predicted molar refractivity (Wildman–Crippen MR) is 67.6 cm³/mol. The van der Waals surface area contributed by atoms with E-state index < -0.39 is 10.8 Å². The number of rotatable bonds is 4. The lowest BCUT2D eigenvalue weighted by Gasteiger charge is -2.29. The lowest BCUT2D eigenvalue weighted by atomic mass is 9.99. The zero-order valence-corrected chi connectivity index (χ0v) is 10.8. The minimum Gasteiger partial charge on any atom is -0.364 e. The second kappa shape index (κ2) is 5.35. The van der Waals surface area contributed by atoms with Crippen molar-refractivity contribution < 1.29 is 9.72 Å². The molecule has 1 aliphatic rings. The van der Waals surface area contributed by atoms with Crippen LogP contribution in [0.3, 0.4) is 0 Å². The van der Waals surface area contributed by atoms with E-state index in [4.69, 9.17) is 5.73 Å². The van der Waals surface area contributed by atoms with Gasteiger partial charge in [-0.1, -0.05) is 0 Å². The minimum atomic E-state index is -0.869. The molecule has 2 heterocycles. The molecule has 0 aromatic carbocycles. The summed E-state index contributed by atoms with van der Waals surface area (Å²) in [6, 6.07) is 0. The molecule has 0 radical (unpaired) electrons. The normalized spacial score (nSPS) is 20.4. The summed E-state index contributed by atoms with van der Waals surface area (Å²) in [7, 11) is 2.05. The molecule has 1 aromatic heterocycles. The van der Waals surface area contributed by atoms with Crippen molar-refractivity contribution in [2.75, 3.05) is 20.1 Å². The van der Waals surface area contributed by atoms with E-state index in [9.17, 15) is 14.9 Å². The number of nitrogens with zero attached hydrogens (tertiary/aromatic N) is 4. The van der Waals surface area contributed by atoms with Gasteiger partial charge in [-0.15, -0.1) is 0 Å². The van der Waals surface area contributed by atoms with Crippen LogP contribution in [0.2, 0.25) is 0 Å². The number of likely N-dealkylation sites (tertiary alicyclic amines) is 1. The fourth-order valence-corrected chi connectivity index (χ4v) is 2.50. The summed E-state index contributed by atoms with van der Waals surface area (Å²) in [4.78, 5) is 23.5. The molecule has 0 aliphatic carbocycles. The number of nitro groups is 1. The molecule has 1 amide bonds. The number of hydrogen-bond donors (Lipinski definition) is 1. The Bertz CT molecular complexity index is 467. The molecule has 0 bridgehead atoms. The van der Waals surface area contributed by atoms with Gasteiger partial charge in [-0.25, -0.2) is 0 Å². The van der Waals surface area contributed by atoms with E-state index in [1.54, 1.807) is 0 Å². The molecule has 8 nitrogen and oxygen atoms in total. The Morgan fingerprint density at radius 1 is 1.68 bits per heavy atom. The van der Waals surface area contributed by atoms with Gasteiger partial charge in [0.2, 0.25) is 5.69 Å². The van der Waals surface area contributed by atoms with E-state index in [2.05, 4.69) is 10.00 Å². The molecule has 1 aromatic rings. The highest BCUT2D eigenvalue weighted by atomic mass is 16.6. The van der Waals surface area contributed by atoms with Crippen molar-refractivity contribution in [1.29, 1.82) is 0 Å². The van der Waals surface area contributed by atoms with Crippen molar-refractivity contribution in [2.45, 2.75) is 19.4 Å². The monoisotopic (exact) mass is 267 g/mol. The summed E-state index contributed by atoms with van der Waals surface area (Å²) < 4.78 is 1.46.